The van der Waals surface area contributed by atoms with Crippen molar-refractivity contribution < 1.29 is 9.59 Å². The minimum Gasteiger partial charge on any atom is -0.368 e. The highest BCUT2D eigenvalue weighted by atomic mass is 16.2. The molecule has 80 valence electrons. The average molecular weight is 199 g/mol. The zero-order valence-corrected chi connectivity index (χ0v) is 8.43. The molecule has 1 heterocycles. The van der Waals surface area contributed by atoms with Crippen LogP contribution in [0.2, 0.25) is 0 Å². The Morgan fingerprint density at radius 1 is 1.57 bits per heavy atom. The Hall–Kier alpha value is -1.10. The monoisotopic (exact) mass is 199 g/mol. The van der Waals surface area contributed by atoms with Crippen LogP contribution in [-0.2, 0) is 9.59 Å². The summed E-state index contributed by atoms with van der Waals surface area (Å²) in [5, 5.41) is 5.71. The molecule has 14 heavy (non-hydrogen) atoms. The predicted octanol–water partition coefficient (Wildman–Crippen LogP) is -1.02. The van der Waals surface area contributed by atoms with Crippen LogP contribution in [0.25, 0.3) is 0 Å². The Morgan fingerprint density at radius 3 is 2.79 bits per heavy atom. The zero-order valence-electron chi connectivity index (χ0n) is 8.43. The van der Waals surface area contributed by atoms with Gasteiger partial charge in [-0.2, -0.15) is 0 Å². The number of carbonyl (C=O) groups excluding carboxylic acids is 2. The highest BCUT2D eigenvalue weighted by molar-refractivity contribution is 5.87. The maximum absolute atomic E-state index is 11.7. The lowest BCUT2D eigenvalue weighted by Crippen LogP contribution is -2.50. The molecule has 1 saturated heterocycles. The Balaban J connectivity index is 2.45. The van der Waals surface area contributed by atoms with E-state index in [0.29, 0.717) is 6.54 Å². The van der Waals surface area contributed by atoms with Crippen molar-refractivity contribution in [2.24, 2.45) is 11.1 Å². The number of piperidine rings is 1. The van der Waals surface area contributed by atoms with Gasteiger partial charge in [0.1, 0.15) is 0 Å². The summed E-state index contributed by atoms with van der Waals surface area (Å²) < 4.78 is 0. The van der Waals surface area contributed by atoms with Gasteiger partial charge in [0.15, 0.2) is 0 Å². The van der Waals surface area contributed by atoms with Gasteiger partial charge < -0.3 is 16.4 Å². The molecule has 1 rings (SSSR count). The third kappa shape index (κ3) is 2.70. The van der Waals surface area contributed by atoms with E-state index in [9.17, 15) is 9.59 Å². The lowest BCUT2D eigenvalue weighted by Gasteiger charge is -2.32. The van der Waals surface area contributed by atoms with Gasteiger partial charge in [-0.05, 0) is 26.3 Å². The number of nitrogens with one attached hydrogen (secondary N) is 2. The number of carbonyl (C=O) groups is 2. The number of rotatable bonds is 3. The van der Waals surface area contributed by atoms with Crippen molar-refractivity contribution >= 4 is 11.8 Å². The summed E-state index contributed by atoms with van der Waals surface area (Å²) >= 11 is 0. The number of amides is 2. The first kappa shape index (κ1) is 11.0. The number of hydrogen-bond donors (Lipinski definition) is 3. The highest BCUT2D eigenvalue weighted by Gasteiger charge is 2.34. The van der Waals surface area contributed by atoms with Crippen molar-refractivity contribution in [3.8, 4) is 0 Å². The Bertz CT molecular complexity index is 234. The molecule has 0 radical (unpaired) electrons. The maximum Gasteiger partial charge on any atom is 0.236 e. The largest absolute Gasteiger partial charge is 0.368 e. The molecule has 1 fully saturated rings. The van der Waals surface area contributed by atoms with Crippen LogP contribution in [0, 0.1) is 5.41 Å². The maximum atomic E-state index is 11.7. The van der Waals surface area contributed by atoms with Crippen molar-refractivity contribution in [3.05, 3.63) is 0 Å². The van der Waals surface area contributed by atoms with Crippen molar-refractivity contribution in [1.82, 2.24) is 10.6 Å². The summed E-state index contributed by atoms with van der Waals surface area (Å²) in [6, 6.07) is 0. The molecule has 1 unspecified atom stereocenters. The zero-order chi connectivity index (χ0) is 10.6. The van der Waals surface area contributed by atoms with E-state index in [1.165, 1.54) is 0 Å². The molecule has 0 saturated carbocycles. The predicted molar refractivity (Wildman–Crippen MR) is 52.4 cm³/mol. The van der Waals surface area contributed by atoms with Crippen LogP contribution in [0.4, 0.5) is 0 Å². The van der Waals surface area contributed by atoms with Gasteiger partial charge in [0.2, 0.25) is 11.8 Å². The number of nitrogens with two attached hydrogens (primary N) is 1. The van der Waals surface area contributed by atoms with Crippen LogP contribution < -0.4 is 16.4 Å². The minimum absolute atomic E-state index is 0.0750. The average Bonchev–Trinajstić information content (AvgIpc) is 2.15. The molecule has 5 nitrogen and oxygen atoms in total. The van der Waals surface area contributed by atoms with Gasteiger partial charge in [-0.25, -0.2) is 0 Å². The van der Waals surface area contributed by atoms with Gasteiger partial charge in [0.05, 0.1) is 12.0 Å². The Labute approximate surface area is 83.4 Å². The fourth-order valence-corrected chi connectivity index (χ4v) is 1.63. The van der Waals surface area contributed by atoms with Gasteiger partial charge in [-0.3, -0.25) is 9.59 Å². The fraction of sp³-hybridized carbons (Fsp3) is 0.778. The topological polar surface area (TPSA) is 84.2 Å². The van der Waals surface area contributed by atoms with E-state index in [1.807, 2.05) is 6.92 Å². The Morgan fingerprint density at radius 2 is 2.29 bits per heavy atom. The van der Waals surface area contributed by atoms with Gasteiger partial charge in [-0.1, -0.05) is 0 Å². The lowest BCUT2D eigenvalue weighted by molar-refractivity contribution is -0.132. The van der Waals surface area contributed by atoms with Crippen molar-refractivity contribution in [3.63, 3.8) is 0 Å². The summed E-state index contributed by atoms with van der Waals surface area (Å²) in [7, 11) is 0. The second-order valence-corrected chi connectivity index (χ2v) is 3.99. The molecular formula is C9H17N3O2. The molecular weight excluding hydrogens is 182 g/mol. The first-order valence-electron chi connectivity index (χ1n) is 4.82. The van der Waals surface area contributed by atoms with Crippen molar-refractivity contribution in [2.75, 3.05) is 19.6 Å². The molecule has 0 aromatic rings. The van der Waals surface area contributed by atoms with E-state index in [4.69, 9.17) is 5.73 Å². The van der Waals surface area contributed by atoms with Gasteiger partial charge in [0, 0.05) is 6.54 Å². The van der Waals surface area contributed by atoms with Gasteiger partial charge in [-0.15, -0.1) is 0 Å². The molecule has 1 atom stereocenters. The first-order chi connectivity index (χ1) is 6.54. The van der Waals surface area contributed by atoms with Crippen LogP contribution in [0.1, 0.15) is 19.8 Å². The molecule has 1 aliphatic heterocycles. The molecule has 0 aliphatic carbocycles. The molecule has 2 amide bonds. The normalized spacial score (nSPS) is 26.9. The van der Waals surface area contributed by atoms with Crippen molar-refractivity contribution in [2.45, 2.75) is 19.8 Å². The van der Waals surface area contributed by atoms with Crippen LogP contribution >= 0.6 is 0 Å². The van der Waals surface area contributed by atoms with Crippen molar-refractivity contribution in [1.29, 1.82) is 0 Å². The quantitative estimate of drug-likeness (QED) is 0.544. The third-order valence-corrected chi connectivity index (χ3v) is 2.57. The molecule has 0 spiro atoms. The summed E-state index contributed by atoms with van der Waals surface area (Å²) in [5.41, 5.74) is 4.55. The molecule has 5 heteroatoms. The van der Waals surface area contributed by atoms with E-state index < -0.39 is 11.3 Å². The van der Waals surface area contributed by atoms with E-state index in [-0.39, 0.29) is 12.5 Å². The lowest BCUT2D eigenvalue weighted by atomic mass is 9.82. The second-order valence-electron chi connectivity index (χ2n) is 3.99. The van der Waals surface area contributed by atoms with E-state index in [0.717, 1.165) is 19.4 Å². The smallest absolute Gasteiger partial charge is 0.236 e. The molecule has 1 aliphatic rings. The van der Waals surface area contributed by atoms with E-state index in [1.54, 1.807) is 0 Å². The van der Waals surface area contributed by atoms with Crippen LogP contribution in [-0.4, -0.2) is 31.4 Å². The van der Waals surface area contributed by atoms with Gasteiger partial charge >= 0.3 is 0 Å². The fourth-order valence-electron chi connectivity index (χ4n) is 1.63. The SMILES string of the molecule is CC1(C(=O)NCC(N)=O)CCCNC1. The number of hydrogen-bond acceptors (Lipinski definition) is 3. The first-order valence-corrected chi connectivity index (χ1v) is 4.82. The van der Waals surface area contributed by atoms with Crippen LogP contribution in [0.5, 0.6) is 0 Å². The highest BCUT2D eigenvalue weighted by Crippen LogP contribution is 2.25. The standard InChI is InChI=1S/C9H17N3O2/c1-9(3-2-4-11-6-9)8(14)12-5-7(10)13/h11H,2-6H2,1H3,(H2,10,13)(H,12,14). The summed E-state index contributed by atoms with van der Waals surface area (Å²) in [6.07, 6.45) is 1.84. The summed E-state index contributed by atoms with van der Waals surface area (Å²) in [5.74, 6) is -0.603. The molecule has 0 aromatic carbocycles. The van der Waals surface area contributed by atoms with E-state index in [2.05, 4.69) is 10.6 Å². The Kier molecular flexibility index (Phi) is 3.46. The van der Waals surface area contributed by atoms with Crippen LogP contribution in [0.15, 0.2) is 0 Å². The third-order valence-electron chi connectivity index (χ3n) is 2.57. The van der Waals surface area contributed by atoms with E-state index >= 15 is 0 Å². The molecule has 0 aromatic heterocycles. The summed E-state index contributed by atoms with van der Waals surface area (Å²) in [6.45, 7) is 3.44. The molecule has 0 bridgehead atoms. The van der Waals surface area contributed by atoms with Gasteiger partial charge in [0.25, 0.3) is 0 Å². The second kappa shape index (κ2) is 4.41. The minimum atomic E-state index is -0.509. The number of primary amides is 1. The summed E-state index contributed by atoms with van der Waals surface area (Å²) in [4.78, 5) is 22.1. The van der Waals surface area contributed by atoms with Crippen LogP contribution in [0.3, 0.4) is 0 Å². The molecule has 4 N–H and O–H groups in total.